The van der Waals surface area contributed by atoms with Crippen molar-refractivity contribution in [2.45, 2.75) is 31.7 Å². The molecule has 106 valence electrons. The van der Waals surface area contributed by atoms with Crippen molar-refractivity contribution in [2.75, 3.05) is 11.4 Å². The van der Waals surface area contributed by atoms with Crippen molar-refractivity contribution in [1.29, 1.82) is 0 Å². The molecule has 1 N–H and O–H groups in total. The second kappa shape index (κ2) is 4.58. The first kappa shape index (κ1) is 13.1. The number of halogens is 1. The minimum absolute atomic E-state index is 0.147. The number of amides is 2. The highest BCUT2D eigenvalue weighted by molar-refractivity contribution is 6.04. The van der Waals surface area contributed by atoms with E-state index < -0.39 is 11.4 Å². The van der Waals surface area contributed by atoms with E-state index in [1.54, 1.807) is 25.1 Å². The predicted molar refractivity (Wildman–Crippen MR) is 72.6 cm³/mol. The first-order chi connectivity index (χ1) is 9.52. The molecule has 3 rings (SSSR count). The highest BCUT2D eigenvalue weighted by Gasteiger charge is 2.51. The van der Waals surface area contributed by atoms with Crippen LogP contribution in [-0.2, 0) is 9.59 Å². The van der Waals surface area contributed by atoms with Gasteiger partial charge in [0, 0.05) is 13.0 Å². The molecule has 2 fully saturated rings. The summed E-state index contributed by atoms with van der Waals surface area (Å²) >= 11 is 0. The molecule has 1 aromatic rings. The molecular formula is C15H17FN2O2. The molecule has 0 aromatic heterocycles. The number of benzene rings is 1. The molecule has 5 heteroatoms. The standard InChI is InChI=1S/C15H17FN2O2/c1-15(10-6-7-10)14(20)18(9-8-13(19)17-15)12-5-3-2-4-11(12)16/h2-5,10H,6-9H2,1H3,(H,17,19). The van der Waals surface area contributed by atoms with E-state index in [0.29, 0.717) is 0 Å². The minimum atomic E-state index is -0.907. The van der Waals surface area contributed by atoms with Gasteiger partial charge in [-0.05, 0) is 37.8 Å². The van der Waals surface area contributed by atoms with E-state index in [2.05, 4.69) is 5.32 Å². The van der Waals surface area contributed by atoms with E-state index in [-0.39, 0.29) is 36.4 Å². The van der Waals surface area contributed by atoms with E-state index in [1.165, 1.54) is 11.0 Å². The molecule has 1 saturated carbocycles. The number of hydrogen-bond acceptors (Lipinski definition) is 2. The third-order valence-corrected chi connectivity index (χ3v) is 4.19. The van der Waals surface area contributed by atoms with Crippen LogP contribution in [-0.4, -0.2) is 23.9 Å². The Balaban J connectivity index is 2.00. The molecular weight excluding hydrogens is 259 g/mol. The quantitative estimate of drug-likeness (QED) is 0.896. The molecule has 1 unspecified atom stereocenters. The van der Waals surface area contributed by atoms with Crippen molar-refractivity contribution in [3.8, 4) is 0 Å². The normalized spacial score (nSPS) is 27.2. The highest BCUT2D eigenvalue weighted by atomic mass is 19.1. The lowest BCUT2D eigenvalue weighted by Gasteiger charge is -2.32. The average molecular weight is 276 g/mol. The second-order valence-electron chi connectivity index (χ2n) is 5.68. The second-order valence-corrected chi connectivity index (χ2v) is 5.68. The van der Waals surface area contributed by atoms with Gasteiger partial charge < -0.3 is 10.2 Å². The molecule has 0 radical (unpaired) electrons. The van der Waals surface area contributed by atoms with Crippen molar-refractivity contribution < 1.29 is 14.0 Å². The van der Waals surface area contributed by atoms with Gasteiger partial charge in [0.2, 0.25) is 5.91 Å². The summed E-state index contributed by atoms with van der Waals surface area (Å²) in [5.41, 5.74) is -0.656. The first-order valence-electron chi connectivity index (χ1n) is 6.90. The van der Waals surface area contributed by atoms with Gasteiger partial charge in [-0.2, -0.15) is 0 Å². The molecule has 4 nitrogen and oxygen atoms in total. The third kappa shape index (κ3) is 2.07. The molecule has 1 atom stereocenters. The maximum Gasteiger partial charge on any atom is 0.252 e. The summed E-state index contributed by atoms with van der Waals surface area (Å²) in [7, 11) is 0. The molecule has 0 spiro atoms. The van der Waals surface area contributed by atoms with Gasteiger partial charge in [-0.1, -0.05) is 12.1 Å². The molecule has 20 heavy (non-hydrogen) atoms. The number of carbonyl (C=O) groups is 2. The lowest BCUT2D eigenvalue weighted by atomic mass is 9.94. The average Bonchev–Trinajstić information content (AvgIpc) is 3.24. The van der Waals surface area contributed by atoms with Gasteiger partial charge in [-0.25, -0.2) is 4.39 Å². The highest BCUT2D eigenvalue weighted by Crippen LogP contribution is 2.42. The number of anilines is 1. The molecule has 1 saturated heterocycles. The Bertz CT molecular complexity index is 571. The monoisotopic (exact) mass is 276 g/mol. The van der Waals surface area contributed by atoms with Crippen LogP contribution < -0.4 is 10.2 Å². The zero-order valence-electron chi connectivity index (χ0n) is 11.4. The number of para-hydroxylation sites is 1. The minimum Gasteiger partial charge on any atom is -0.342 e. The Morgan fingerprint density at radius 3 is 2.65 bits per heavy atom. The summed E-state index contributed by atoms with van der Waals surface area (Å²) < 4.78 is 13.9. The van der Waals surface area contributed by atoms with Crippen LogP contribution in [0.3, 0.4) is 0 Å². The molecule has 1 aliphatic carbocycles. The lowest BCUT2D eigenvalue weighted by molar-refractivity contribution is -0.130. The van der Waals surface area contributed by atoms with Gasteiger partial charge in [-0.3, -0.25) is 9.59 Å². The first-order valence-corrected chi connectivity index (χ1v) is 6.90. The number of carbonyl (C=O) groups excluding carboxylic acids is 2. The predicted octanol–water partition coefficient (Wildman–Crippen LogP) is 1.85. The maximum absolute atomic E-state index is 13.9. The summed E-state index contributed by atoms with van der Waals surface area (Å²) in [6.07, 6.45) is 2.05. The van der Waals surface area contributed by atoms with Crippen molar-refractivity contribution in [2.24, 2.45) is 5.92 Å². The largest absolute Gasteiger partial charge is 0.342 e. The zero-order valence-corrected chi connectivity index (χ0v) is 11.4. The van der Waals surface area contributed by atoms with Crippen LogP contribution in [0.4, 0.5) is 10.1 Å². The van der Waals surface area contributed by atoms with Crippen LogP contribution in [0.15, 0.2) is 24.3 Å². The Morgan fingerprint density at radius 2 is 2.00 bits per heavy atom. The summed E-state index contributed by atoms with van der Waals surface area (Å²) in [5, 5.41) is 2.83. The molecule has 1 heterocycles. The Labute approximate surface area is 117 Å². The van der Waals surface area contributed by atoms with Gasteiger partial charge in [0.1, 0.15) is 11.4 Å². The molecule has 2 aliphatic rings. The van der Waals surface area contributed by atoms with E-state index >= 15 is 0 Å². The van der Waals surface area contributed by atoms with Crippen molar-refractivity contribution in [1.82, 2.24) is 5.32 Å². The smallest absolute Gasteiger partial charge is 0.252 e. The summed E-state index contributed by atoms with van der Waals surface area (Å²) in [6, 6.07) is 6.19. The Kier molecular flexibility index (Phi) is 3.00. The maximum atomic E-state index is 13.9. The number of rotatable bonds is 2. The van der Waals surface area contributed by atoms with E-state index in [0.717, 1.165) is 12.8 Å². The molecule has 1 aromatic carbocycles. The number of nitrogens with zero attached hydrogens (tertiary/aromatic N) is 1. The summed E-state index contributed by atoms with van der Waals surface area (Å²) in [6.45, 7) is 1.97. The number of hydrogen-bond donors (Lipinski definition) is 1. The van der Waals surface area contributed by atoms with Gasteiger partial charge in [0.25, 0.3) is 5.91 Å². The van der Waals surface area contributed by atoms with Crippen LogP contribution in [0, 0.1) is 11.7 Å². The van der Waals surface area contributed by atoms with E-state index in [4.69, 9.17) is 0 Å². The van der Waals surface area contributed by atoms with Gasteiger partial charge in [0.05, 0.1) is 5.69 Å². The van der Waals surface area contributed by atoms with Crippen LogP contribution in [0.25, 0.3) is 0 Å². The van der Waals surface area contributed by atoms with Gasteiger partial charge in [-0.15, -0.1) is 0 Å². The zero-order chi connectivity index (χ0) is 14.3. The van der Waals surface area contributed by atoms with Gasteiger partial charge >= 0.3 is 0 Å². The van der Waals surface area contributed by atoms with E-state index in [9.17, 15) is 14.0 Å². The van der Waals surface area contributed by atoms with Crippen molar-refractivity contribution in [3.63, 3.8) is 0 Å². The third-order valence-electron chi connectivity index (χ3n) is 4.19. The van der Waals surface area contributed by atoms with Crippen LogP contribution in [0.5, 0.6) is 0 Å². The van der Waals surface area contributed by atoms with Crippen LogP contribution in [0.1, 0.15) is 26.2 Å². The molecule has 1 aliphatic heterocycles. The summed E-state index contributed by atoms with van der Waals surface area (Å²) in [4.78, 5) is 26.1. The van der Waals surface area contributed by atoms with E-state index in [1.807, 2.05) is 0 Å². The summed E-state index contributed by atoms with van der Waals surface area (Å²) in [5.74, 6) is -0.637. The number of nitrogens with one attached hydrogen (secondary N) is 1. The van der Waals surface area contributed by atoms with Gasteiger partial charge in [0.15, 0.2) is 0 Å². The molecule has 2 amide bonds. The molecule has 0 bridgehead atoms. The Hall–Kier alpha value is -1.91. The SMILES string of the molecule is CC1(C2CC2)NC(=O)CCN(c2ccccc2F)C1=O. The van der Waals surface area contributed by atoms with Crippen LogP contribution >= 0.6 is 0 Å². The van der Waals surface area contributed by atoms with Crippen LogP contribution in [0.2, 0.25) is 0 Å². The fourth-order valence-corrected chi connectivity index (χ4v) is 2.84. The fourth-order valence-electron chi connectivity index (χ4n) is 2.84. The van der Waals surface area contributed by atoms with Crippen molar-refractivity contribution in [3.05, 3.63) is 30.1 Å². The fraction of sp³-hybridized carbons (Fsp3) is 0.467. The van der Waals surface area contributed by atoms with Crippen molar-refractivity contribution >= 4 is 17.5 Å². The Morgan fingerprint density at radius 1 is 1.30 bits per heavy atom. The lowest BCUT2D eigenvalue weighted by Crippen LogP contribution is -2.57. The topological polar surface area (TPSA) is 49.4 Å².